The van der Waals surface area contributed by atoms with Gasteiger partial charge in [0.1, 0.15) is 0 Å². The molecule has 18 heavy (non-hydrogen) atoms. The fraction of sp³-hybridized carbons (Fsp3) is 0.250. The lowest BCUT2D eigenvalue weighted by atomic mass is 10.2. The van der Waals surface area contributed by atoms with Crippen molar-refractivity contribution in [3.05, 3.63) is 46.5 Å². The van der Waals surface area contributed by atoms with Gasteiger partial charge in [-0.1, -0.05) is 12.1 Å². The van der Waals surface area contributed by atoms with Crippen LogP contribution in [0.2, 0.25) is 0 Å². The SMILES string of the molecule is CNCCc1ncc(-c2cccc([N+](=O)[O-])c2)o1. The Labute approximate surface area is 104 Å². The molecular formula is C12H13N3O3. The van der Waals surface area contributed by atoms with Crippen LogP contribution in [0.3, 0.4) is 0 Å². The van der Waals surface area contributed by atoms with Crippen LogP contribution in [0.5, 0.6) is 0 Å². The summed E-state index contributed by atoms with van der Waals surface area (Å²) in [5.74, 6) is 1.16. The summed E-state index contributed by atoms with van der Waals surface area (Å²) in [7, 11) is 1.85. The van der Waals surface area contributed by atoms with Crippen LogP contribution in [-0.2, 0) is 6.42 Å². The van der Waals surface area contributed by atoms with Crippen molar-refractivity contribution in [2.24, 2.45) is 0 Å². The maximum Gasteiger partial charge on any atom is 0.270 e. The van der Waals surface area contributed by atoms with E-state index in [4.69, 9.17) is 4.42 Å². The summed E-state index contributed by atoms with van der Waals surface area (Å²) in [4.78, 5) is 14.4. The quantitative estimate of drug-likeness (QED) is 0.645. The number of nitrogens with zero attached hydrogens (tertiary/aromatic N) is 2. The lowest BCUT2D eigenvalue weighted by molar-refractivity contribution is -0.384. The minimum absolute atomic E-state index is 0.0423. The molecule has 0 amide bonds. The van der Waals surface area contributed by atoms with Gasteiger partial charge in [-0.15, -0.1) is 0 Å². The Morgan fingerprint density at radius 3 is 3.06 bits per heavy atom. The maximum atomic E-state index is 10.7. The van der Waals surface area contributed by atoms with E-state index < -0.39 is 4.92 Å². The zero-order chi connectivity index (χ0) is 13.0. The summed E-state index contributed by atoms with van der Waals surface area (Å²) in [5.41, 5.74) is 0.702. The highest BCUT2D eigenvalue weighted by Gasteiger charge is 2.10. The number of benzene rings is 1. The highest BCUT2D eigenvalue weighted by atomic mass is 16.6. The molecule has 2 aromatic rings. The van der Waals surface area contributed by atoms with Crippen molar-refractivity contribution < 1.29 is 9.34 Å². The van der Waals surface area contributed by atoms with E-state index in [0.717, 1.165) is 6.54 Å². The highest BCUT2D eigenvalue weighted by Crippen LogP contribution is 2.24. The Hall–Kier alpha value is -2.21. The third-order valence-electron chi connectivity index (χ3n) is 2.48. The molecule has 0 aliphatic rings. The molecule has 1 N–H and O–H groups in total. The number of aromatic nitrogens is 1. The van der Waals surface area contributed by atoms with Gasteiger partial charge in [0.25, 0.3) is 5.69 Å². The van der Waals surface area contributed by atoms with E-state index in [0.29, 0.717) is 23.6 Å². The Balaban J connectivity index is 2.23. The minimum atomic E-state index is -0.429. The monoisotopic (exact) mass is 247 g/mol. The Morgan fingerprint density at radius 2 is 2.33 bits per heavy atom. The highest BCUT2D eigenvalue weighted by molar-refractivity contribution is 5.60. The largest absolute Gasteiger partial charge is 0.441 e. The normalized spacial score (nSPS) is 10.5. The molecule has 0 saturated heterocycles. The standard InChI is InChI=1S/C12H13N3O3/c1-13-6-5-12-14-8-11(18-12)9-3-2-4-10(7-9)15(16)17/h2-4,7-8,13H,5-6H2,1H3. The number of nitro benzene ring substituents is 1. The molecule has 1 heterocycles. The van der Waals surface area contributed by atoms with E-state index in [1.807, 2.05) is 7.05 Å². The number of likely N-dealkylation sites (N-methyl/N-ethyl adjacent to an activating group) is 1. The zero-order valence-electron chi connectivity index (χ0n) is 9.92. The molecule has 0 saturated carbocycles. The molecule has 2 rings (SSSR count). The van der Waals surface area contributed by atoms with Crippen molar-refractivity contribution in [2.45, 2.75) is 6.42 Å². The van der Waals surface area contributed by atoms with Gasteiger partial charge in [-0.3, -0.25) is 10.1 Å². The molecule has 6 heteroatoms. The smallest absolute Gasteiger partial charge is 0.270 e. The molecular weight excluding hydrogens is 234 g/mol. The molecule has 0 radical (unpaired) electrons. The second-order valence-corrected chi connectivity index (χ2v) is 3.78. The van der Waals surface area contributed by atoms with Gasteiger partial charge in [0.05, 0.1) is 11.1 Å². The van der Waals surface area contributed by atoms with Gasteiger partial charge in [-0.05, 0) is 7.05 Å². The van der Waals surface area contributed by atoms with E-state index >= 15 is 0 Å². The third-order valence-corrected chi connectivity index (χ3v) is 2.48. The first-order chi connectivity index (χ1) is 8.70. The van der Waals surface area contributed by atoms with Crippen LogP contribution in [-0.4, -0.2) is 23.5 Å². The van der Waals surface area contributed by atoms with Gasteiger partial charge in [-0.25, -0.2) is 4.98 Å². The van der Waals surface area contributed by atoms with Crippen LogP contribution in [0, 0.1) is 10.1 Å². The van der Waals surface area contributed by atoms with Gasteiger partial charge < -0.3 is 9.73 Å². The molecule has 0 spiro atoms. The van der Waals surface area contributed by atoms with Crippen molar-refractivity contribution in [1.82, 2.24) is 10.3 Å². The summed E-state index contributed by atoms with van der Waals surface area (Å²) in [6, 6.07) is 6.31. The lowest BCUT2D eigenvalue weighted by Crippen LogP contribution is -2.10. The van der Waals surface area contributed by atoms with Crippen LogP contribution in [0.1, 0.15) is 5.89 Å². The number of rotatable bonds is 5. The first-order valence-electron chi connectivity index (χ1n) is 5.55. The van der Waals surface area contributed by atoms with Crippen LogP contribution >= 0.6 is 0 Å². The van der Waals surface area contributed by atoms with Crippen LogP contribution in [0.15, 0.2) is 34.9 Å². The fourth-order valence-electron chi connectivity index (χ4n) is 1.56. The van der Waals surface area contributed by atoms with Gasteiger partial charge in [-0.2, -0.15) is 0 Å². The lowest BCUT2D eigenvalue weighted by Gasteiger charge is -1.97. The number of non-ortho nitro benzene ring substituents is 1. The predicted octanol–water partition coefficient (Wildman–Crippen LogP) is 2.01. The van der Waals surface area contributed by atoms with Crippen molar-refractivity contribution in [3.63, 3.8) is 0 Å². The van der Waals surface area contributed by atoms with Gasteiger partial charge in [0, 0.05) is 30.7 Å². The topological polar surface area (TPSA) is 81.2 Å². The molecule has 0 atom stereocenters. The molecule has 1 aromatic heterocycles. The van der Waals surface area contributed by atoms with Crippen molar-refractivity contribution in [1.29, 1.82) is 0 Å². The van der Waals surface area contributed by atoms with E-state index in [2.05, 4.69) is 10.3 Å². The van der Waals surface area contributed by atoms with Gasteiger partial charge in [0.15, 0.2) is 11.7 Å². The minimum Gasteiger partial charge on any atom is -0.441 e. The first-order valence-corrected chi connectivity index (χ1v) is 5.55. The average molecular weight is 247 g/mol. The number of hydrogen-bond donors (Lipinski definition) is 1. The molecule has 0 bridgehead atoms. The predicted molar refractivity (Wildman–Crippen MR) is 66.2 cm³/mol. The summed E-state index contributed by atoms with van der Waals surface area (Å²) < 4.78 is 5.53. The Bertz CT molecular complexity index is 551. The van der Waals surface area contributed by atoms with Gasteiger partial charge in [0.2, 0.25) is 0 Å². The first kappa shape index (κ1) is 12.3. The van der Waals surface area contributed by atoms with E-state index in [1.165, 1.54) is 12.1 Å². The third kappa shape index (κ3) is 2.72. The van der Waals surface area contributed by atoms with E-state index in [1.54, 1.807) is 18.3 Å². The molecule has 6 nitrogen and oxygen atoms in total. The second kappa shape index (κ2) is 5.42. The summed E-state index contributed by atoms with van der Waals surface area (Å²) in [6.07, 6.45) is 2.27. The molecule has 0 fully saturated rings. The molecule has 0 unspecified atom stereocenters. The van der Waals surface area contributed by atoms with Crippen LogP contribution in [0.25, 0.3) is 11.3 Å². The number of hydrogen-bond acceptors (Lipinski definition) is 5. The van der Waals surface area contributed by atoms with E-state index in [-0.39, 0.29) is 5.69 Å². The van der Waals surface area contributed by atoms with Crippen molar-refractivity contribution >= 4 is 5.69 Å². The van der Waals surface area contributed by atoms with Crippen molar-refractivity contribution in [2.75, 3.05) is 13.6 Å². The molecule has 1 aromatic carbocycles. The van der Waals surface area contributed by atoms with Crippen LogP contribution < -0.4 is 5.32 Å². The zero-order valence-corrected chi connectivity index (χ0v) is 9.92. The number of oxazole rings is 1. The molecule has 0 aliphatic heterocycles. The van der Waals surface area contributed by atoms with Crippen molar-refractivity contribution in [3.8, 4) is 11.3 Å². The second-order valence-electron chi connectivity index (χ2n) is 3.78. The van der Waals surface area contributed by atoms with Gasteiger partial charge >= 0.3 is 0 Å². The molecule has 0 aliphatic carbocycles. The van der Waals surface area contributed by atoms with Crippen LogP contribution in [0.4, 0.5) is 5.69 Å². The number of nitrogens with one attached hydrogen (secondary N) is 1. The summed E-state index contributed by atoms with van der Waals surface area (Å²) >= 11 is 0. The average Bonchev–Trinajstić information content (AvgIpc) is 2.85. The maximum absolute atomic E-state index is 10.7. The summed E-state index contributed by atoms with van der Waals surface area (Å²) in [5, 5.41) is 13.7. The Morgan fingerprint density at radius 1 is 1.50 bits per heavy atom. The Kier molecular flexibility index (Phi) is 3.69. The summed E-state index contributed by atoms with van der Waals surface area (Å²) in [6.45, 7) is 0.773. The van der Waals surface area contributed by atoms with E-state index in [9.17, 15) is 10.1 Å². The molecule has 94 valence electrons. The fourth-order valence-corrected chi connectivity index (χ4v) is 1.56. The number of nitro groups is 1.